The van der Waals surface area contributed by atoms with Crippen molar-refractivity contribution in [2.24, 2.45) is 0 Å². The first-order valence-corrected chi connectivity index (χ1v) is 10.2. The number of thioether (sulfide) groups is 1. The molecule has 0 saturated carbocycles. The molecule has 1 unspecified atom stereocenters. The molecule has 1 atom stereocenters. The van der Waals surface area contributed by atoms with E-state index in [1.807, 2.05) is 43.3 Å². The van der Waals surface area contributed by atoms with Gasteiger partial charge in [-0.2, -0.15) is 0 Å². The van der Waals surface area contributed by atoms with Crippen LogP contribution in [-0.4, -0.2) is 17.6 Å². The van der Waals surface area contributed by atoms with Crippen LogP contribution in [0.5, 0.6) is 0 Å². The molecule has 2 amide bonds. The third-order valence-electron chi connectivity index (χ3n) is 4.75. The Morgan fingerprint density at radius 2 is 1.72 bits per heavy atom. The highest BCUT2D eigenvalue weighted by atomic mass is 32.2. The SMILES string of the molecule is Cc1ccc(N2C(=O)CSC2c2ccc(NC(=O)c3ccccc3F)cc2)cc1. The van der Waals surface area contributed by atoms with Crippen LogP contribution in [0.15, 0.2) is 72.8 Å². The molecule has 1 aliphatic heterocycles. The number of nitrogens with zero attached hydrogens (tertiary/aromatic N) is 1. The van der Waals surface area contributed by atoms with Crippen molar-refractivity contribution in [3.63, 3.8) is 0 Å². The lowest BCUT2D eigenvalue weighted by Crippen LogP contribution is -2.27. The number of carbonyl (C=O) groups excluding carboxylic acids is 2. The van der Waals surface area contributed by atoms with Crippen LogP contribution in [0.25, 0.3) is 0 Å². The van der Waals surface area contributed by atoms with E-state index in [4.69, 9.17) is 0 Å². The Morgan fingerprint density at radius 1 is 1.03 bits per heavy atom. The third kappa shape index (κ3) is 4.03. The molecule has 29 heavy (non-hydrogen) atoms. The highest BCUT2D eigenvalue weighted by molar-refractivity contribution is 8.00. The van der Waals surface area contributed by atoms with Gasteiger partial charge in [-0.05, 0) is 48.9 Å². The van der Waals surface area contributed by atoms with Crippen molar-refractivity contribution in [2.45, 2.75) is 12.3 Å². The topological polar surface area (TPSA) is 49.4 Å². The molecule has 1 saturated heterocycles. The lowest BCUT2D eigenvalue weighted by Gasteiger charge is -2.24. The zero-order chi connectivity index (χ0) is 20.4. The van der Waals surface area contributed by atoms with Gasteiger partial charge >= 0.3 is 0 Å². The average molecular weight is 406 g/mol. The summed E-state index contributed by atoms with van der Waals surface area (Å²) in [5.74, 6) is -0.566. The summed E-state index contributed by atoms with van der Waals surface area (Å²) in [6, 6.07) is 21.1. The number of rotatable bonds is 4. The summed E-state index contributed by atoms with van der Waals surface area (Å²) in [5, 5.41) is 2.58. The molecule has 0 radical (unpaired) electrons. The molecule has 1 N–H and O–H groups in total. The van der Waals surface area contributed by atoms with Crippen molar-refractivity contribution in [3.8, 4) is 0 Å². The molecule has 4 nitrogen and oxygen atoms in total. The Balaban J connectivity index is 1.52. The van der Waals surface area contributed by atoms with Gasteiger partial charge in [-0.25, -0.2) is 4.39 Å². The van der Waals surface area contributed by atoms with Crippen molar-refractivity contribution >= 4 is 35.0 Å². The first-order valence-electron chi connectivity index (χ1n) is 9.19. The normalized spacial score (nSPS) is 16.1. The van der Waals surface area contributed by atoms with E-state index in [9.17, 15) is 14.0 Å². The monoisotopic (exact) mass is 406 g/mol. The lowest BCUT2D eigenvalue weighted by molar-refractivity contribution is -0.115. The number of benzene rings is 3. The van der Waals surface area contributed by atoms with E-state index in [-0.39, 0.29) is 16.8 Å². The van der Waals surface area contributed by atoms with Gasteiger partial charge in [-0.15, -0.1) is 11.8 Å². The van der Waals surface area contributed by atoms with E-state index >= 15 is 0 Å². The van der Waals surface area contributed by atoms with Crippen molar-refractivity contribution < 1.29 is 14.0 Å². The van der Waals surface area contributed by atoms with Crippen LogP contribution in [0.1, 0.15) is 26.9 Å². The number of aryl methyl sites for hydroxylation is 1. The number of halogens is 1. The standard InChI is InChI=1S/C23H19FN2O2S/c1-15-6-12-18(13-7-15)26-21(27)14-29-23(26)16-8-10-17(11-9-16)25-22(28)19-4-2-3-5-20(19)24/h2-13,23H,14H2,1H3,(H,25,28). The first-order chi connectivity index (χ1) is 14.0. The van der Waals surface area contributed by atoms with Gasteiger partial charge in [-0.1, -0.05) is 42.0 Å². The molecule has 146 valence electrons. The molecule has 0 aliphatic carbocycles. The summed E-state index contributed by atoms with van der Waals surface area (Å²) < 4.78 is 13.8. The van der Waals surface area contributed by atoms with Gasteiger partial charge in [0, 0.05) is 11.4 Å². The molecular weight excluding hydrogens is 387 g/mol. The minimum Gasteiger partial charge on any atom is -0.322 e. The third-order valence-corrected chi connectivity index (χ3v) is 5.96. The van der Waals surface area contributed by atoms with E-state index in [1.54, 1.807) is 40.9 Å². The molecule has 0 spiro atoms. The van der Waals surface area contributed by atoms with Crippen LogP contribution in [0.2, 0.25) is 0 Å². The van der Waals surface area contributed by atoms with Crippen LogP contribution in [-0.2, 0) is 4.79 Å². The zero-order valence-electron chi connectivity index (χ0n) is 15.8. The lowest BCUT2D eigenvalue weighted by atomic mass is 10.1. The zero-order valence-corrected chi connectivity index (χ0v) is 16.6. The summed E-state index contributed by atoms with van der Waals surface area (Å²) in [6.45, 7) is 2.01. The summed E-state index contributed by atoms with van der Waals surface area (Å²) in [4.78, 5) is 26.5. The molecule has 1 aliphatic rings. The van der Waals surface area contributed by atoms with Crippen LogP contribution in [0, 0.1) is 12.7 Å². The fraction of sp³-hybridized carbons (Fsp3) is 0.130. The molecule has 6 heteroatoms. The van der Waals surface area contributed by atoms with Gasteiger partial charge in [0.05, 0.1) is 11.3 Å². The molecular formula is C23H19FN2O2S. The fourth-order valence-electron chi connectivity index (χ4n) is 3.23. The minimum atomic E-state index is -0.559. The molecule has 3 aromatic carbocycles. The average Bonchev–Trinajstić information content (AvgIpc) is 3.11. The number of anilines is 2. The van der Waals surface area contributed by atoms with Crippen LogP contribution in [0.4, 0.5) is 15.8 Å². The van der Waals surface area contributed by atoms with Gasteiger partial charge in [0.15, 0.2) is 0 Å². The van der Waals surface area contributed by atoms with Crippen LogP contribution >= 0.6 is 11.8 Å². The second-order valence-corrected chi connectivity index (χ2v) is 7.89. The fourth-order valence-corrected chi connectivity index (χ4v) is 4.41. The van der Waals surface area contributed by atoms with Gasteiger partial charge in [0.25, 0.3) is 5.91 Å². The molecule has 3 aromatic rings. The largest absolute Gasteiger partial charge is 0.322 e. The van der Waals surface area contributed by atoms with E-state index in [2.05, 4.69) is 5.32 Å². The molecule has 0 bridgehead atoms. The minimum absolute atomic E-state index is 0.000863. The second-order valence-electron chi connectivity index (χ2n) is 6.82. The Bertz CT molecular complexity index is 1050. The first kappa shape index (κ1) is 19.2. The predicted octanol–water partition coefficient (Wildman–Crippen LogP) is 5.17. The van der Waals surface area contributed by atoms with Crippen LogP contribution in [0.3, 0.4) is 0 Å². The number of nitrogens with one attached hydrogen (secondary N) is 1. The van der Waals surface area contributed by atoms with Gasteiger partial charge in [0.1, 0.15) is 11.2 Å². The highest BCUT2D eigenvalue weighted by Crippen LogP contribution is 2.41. The Hall–Kier alpha value is -3.12. The van der Waals surface area contributed by atoms with E-state index < -0.39 is 11.7 Å². The summed E-state index contributed by atoms with van der Waals surface area (Å²) in [7, 11) is 0. The maximum absolute atomic E-state index is 13.8. The molecule has 4 rings (SSSR count). The smallest absolute Gasteiger partial charge is 0.258 e. The number of amides is 2. The highest BCUT2D eigenvalue weighted by Gasteiger charge is 2.33. The van der Waals surface area contributed by atoms with Crippen molar-refractivity contribution in [1.29, 1.82) is 0 Å². The summed E-state index contributed by atoms with van der Waals surface area (Å²) in [6.07, 6.45) is 0. The summed E-state index contributed by atoms with van der Waals surface area (Å²) in [5.41, 5.74) is 3.54. The Morgan fingerprint density at radius 3 is 2.41 bits per heavy atom. The van der Waals surface area contributed by atoms with E-state index in [0.29, 0.717) is 11.4 Å². The Kier molecular flexibility index (Phi) is 5.36. The molecule has 1 fully saturated rings. The van der Waals surface area contributed by atoms with Crippen molar-refractivity contribution in [2.75, 3.05) is 16.0 Å². The maximum atomic E-state index is 13.8. The van der Waals surface area contributed by atoms with Gasteiger partial charge < -0.3 is 5.32 Å². The maximum Gasteiger partial charge on any atom is 0.258 e. The number of hydrogen-bond acceptors (Lipinski definition) is 3. The van der Waals surface area contributed by atoms with Crippen LogP contribution < -0.4 is 10.2 Å². The van der Waals surface area contributed by atoms with Crippen molar-refractivity contribution in [1.82, 2.24) is 0 Å². The molecule has 1 heterocycles. The van der Waals surface area contributed by atoms with E-state index in [0.717, 1.165) is 16.8 Å². The number of carbonyl (C=O) groups is 2. The van der Waals surface area contributed by atoms with E-state index in [1.165, 1.54) is 12.1 Å². The van der Waals surface area contributed by atoms with Gasteiger partial charge in [-0.3, -0.25) is 14.5 Å². The predicted molar refractivity (Wildman–Crippen MR) is 115 cm³/mol. The quantitative estimate of drug-likeness (QED) is 0.651. The molecule has 0 aromatic heterocycles. The summed E-state index contributed by atoms with van der Waals surface area (Å²) >= 11 is 1.57. The van der Waals surface area contributed by atoms with Crippen molar-refractivity contribution in [3.05, 3.63) is 95.3 Å². The number of hydrogen-bond donors (Lipinski definition) is 1. The second kappa shape index (κ2) is 8.09. The Labute approximate surface area is 172 Å². The van der Waals surface area contributed by atoms with Gasteiger partial charge in [0.2, 0.25) is 5.91 Å².